The number of allylic oxidation sites excluding steroid dienone is 2. The van der Waals surface area contributed by atoms with E-state index in [4.69, 9.17) is 4.74 Å². The zero-order chi connectivity index (χ0) is 39.8. The number of methoxy groups -OCH3 is 1. The fourth-order valence-electron chi connectivity index (χ4n) is 7.72. The number of aromatic nitrogens is 4. The van der Waals surface area contributed by atoms with Gasteiger partial charge in [0.05, 0.1) is 31.5 Å². The maximum absolute atomic E-state index is 13.6. The van der Waals surface area contributed by atoms with E-state index < -0.39 is 42.5 Å². The van der Waals surface area contributed by atoms with E-state index in [2.05, 4.69) is 38.3 Å². The molecule has 2 N–H and O–H groups in total. The summed E-state index contributed by atoms with van der Waals surface area (Å²) in [6.07, 6.45) is 13.0. The highest BCUT2D eigenvalue weighted by molar-refractivity contribution is 5.95. The van der Waals surface area contributed by atoms with Crippen molar-refractivity contribution in [1.82, 2.24) is 24.8 Å². The maximum Gasteiger partial charge on any atom is 0.416 e. The molecule has 0 bridgehead atoms. The lowest BCUT2D eigenvalue weighted by Crippen LogP contribution is -2.35. The molecule has 2 amide bonds. The Labute approximate surface area is 323 Å². The van der Waals surface area contributed by atoms with Crippen molar-refractivity contribution in [1.29, 1.82) is 0 Å². The number of hydrogen-bond acceptors (Lipinski definition) is 8. The first kappa shape index (κ1) is 40.0. The van der Waals surface area contributed by atoms with Crippen LogP contribution in [0.25, 0.3) is 17.0 Å². The number of ether oxygens (including phenoxy) is 1. The molecule has 1 saturated carbocycles. The summed E-state index contributed by atoms with van der Waals surface area (Å²) >= 11 is 0. The third-order valence-corrected chi connectivity index (χ3v) is 10.9. The molecule has 1 atom stereocenters. The molecular weight excluding hydrogens is 725 g/mol. The van der Waals surface area contributed by atoms with Crippen LogP contribution in [0.2, 0.25) is 0 Å². The van der Waals surface area contributed by atoms with Gasteiger partial charge in [0.2, 0.25) is 5.91 Å². The molecule has 0 radical (unpaired) electrons. The van der Waals surface area contributed by atoms with Crippen molar-refractivity contribution in [2.75, 3.05) is 19.0 Å². The molecule has 4 aromatic rings. The number of nitrogens with zero attached hydrogens (tertiary/aromatic N) is 5. The smallest absolute Gasteiger partial charge is 0.416 e. The van der Waals surface area contributed by atoms with Gasteiger partial charge in [0, 0.05) is 30.1 Å². The zero-order valence-corrected chi connectivity index (χ0v) is 31.4. The molecule has 2 aliphatic rings. The SMILES string of the molecule is CC[C@H]1CC[C@H](C2CC=C(c3cnc(-c4ccc(CN(CC(=O)O)C(=O)c5cnc(NC(=O)Cc6ccc(OC)cc6C(F)(F)F)cn5)cc4)nc3)CC2)CC1. The number of nitrogens with one attached hydrogen (secondary N) is 1. The lowest BCUT2D eigenvalue weighted by atomic mass is 9.71. The molecule has 1 fully saturated rings. The van der Waals surface area contributed by atoms with Crippen LogP contribution in [0.15, 0.2) is 73.3 Å². The summed E-state index contributed by atoms with van der Waals surface area (Å²) in [7, 11) is 1.24. The monoisotopic (exact) mass is 770 g/mol. The second kappa shape index (κ2) is 17.9. The van der Waals surface area contributed by atoms with E-state index >= 15 is 0 Å². The highest BCUT2D eigenvalue weighted by Gasteiger charge is 2.34. The number of carbonyl (C=O) groups is 3. The van der Waals surface area contributed by atoms with Gasteiger partial charge in [-0.25, -0.2) is 19.9 Å². The Morgan fingerprint density at radius 3 is 2.21 bits per heavy atom. The van der Waals surface area contributed by atoms with Crippen molar-refractivity contribution in [3.8, 4) is 17.1 Å². The number of halogens is 3. The van der Waals surface area contributed by atoms with Gasteiger partial charge < -0.3 is 20.1 Å². The van der Waals surface area contributed by atoms with E-state index in [0.29, 0.717) is 11.4 Å². The van der Waals surface area contributed by atoms with Crippen molar-refractivity contribution in [2.24, 2.45) is 17.8 Å². The third kappa shape index (κ3) is 10.1. The van der Waals surface area contributed by atoms with Crippen molar-refractivity contribution in [3.05, 3.63) is 101 Å². The summed E-state index contributed by atoms with van der Waals surface area (Å²) in [5, 5.41) is 11.9. The molecule has 1 unspecified atom stereocenters. The van der Waals surface area contributed by atoms with Crippen LogP contribution >= 0.6 is 0 Å². The van der Waals surface area contributed by atoms with Crippen LogP contribution in [-0.2, 0) is 28.7 Å². The van der Waals surface area contributed by atoms with Gasteiger partial charge in [-0.1, -0.05) is 62.6 Å². The lowest BCUT2D eigenvalue weighted by molar-refractivity contribution is -0.139. The Morgan fingerprint density at radius 2 is 1.62 bits per heavy atom. The molecule has 0 saturated heterocycles. The Balaban J connectivity index is 1.04. The summed E-state index contributed by atoms with van der Waals surface area (Å²) in [5.41, 5.74) is 2.29. The molecule has 14 heteroatoms. The number of benzene rings is 2. The molecular formula is C42H45F3N6O5. The number of amides is 2. The molecule has 2 aromatic heterocycles. The van der Waals surface area contributed by atoms with Gasteiger partial charge in [0.1, 0.15) is 18.0 Å². The fourth-order valence-corrected chi connectivity index (χ4v) is 7.72. The predicted molar refractivity (Wildman–Crippen MR) is 203 cm³/mol. The van der Waals surface area contributed by atoms with Gasteiger partial charge in [-0.15, -0.1) is 0 Å². The number of carbonyl (C=O) groups excluding carboxylic acids is 2. The molecule has 0 spiro atoms. The van der Waals surface area contributed by atoms with Crippen molar-refractivity contribution >= 4 is 29.2 Å². The van der Waals surface area contributed by atoms with Crippen LogP contribution in [0.1, 0.15) is 91.0 Å². The topological polar surface area (TPSA) is 148 Å². The number of rotatable bonds is 13. The second-order valence-electron chi connectivity index (χ2n) is 14.5. The summed E-state index contributed by atoms with van der Waals surface area (Å²) in [6, 6.07) is 10.5. The van der Waals surface area contributed by atoms with Gasteiger partial charge in [0.25, 0.3) is 5.91 Å². The van der Waals surface area contributed by atoms with Crippen molar-refractivity contribution in [2.45, 2.75) is 77.4 Å². The first-order valence-corrected chi connectivity index (χ1v) is 18.9. The predicted octanol–water partition coefficient (Wildman–Crippen LogP) is 8.27. The van der Waals surface area contributed by atoms with E-state index in [0.717, 1.165) is 71.1 Å². The van der Waals surface area contributed by atoms with Gasteiger partial charge in [-0.05, 0) is 78.7 Å². The largest absolute Gasteiger partial charge is 0.497 e. The van der Waals surface area contributed by atoms with Gasteiger partial charge >= 0.3 is 12.1 Å². The molecule has 2 aliphatic carbocycles. The van der Waals surface area contributed by atoms with E-state index in [1.807, 2.05) is 24.5 Å². The Morgan fingerprint density at radius 1 is 0.893 bits per heavy atom. The van der Waals surface area contributed by atoms with E-state index in [1.165, 1.54) is 57.3 Å². The summed E-state index contributed by atoms with van der Waals surface area (Å²) in [4.78, 5) is 56.0. The normalized spacial score (nSPS) is 18.4. The van der Waals surface area contributed by atoms with Gasteiger partial charge in [-0.3, -0.25) is 14.4 Å². The van der Waals surface area contributed by atoms with E-state index in [1.54, 1.807) is 12.1 Å². The molecule has 56 heavy (non-hydrogen) atoms. The van der Waals surface area contributed by atoms with Crippen molar-refractivity contribution < 1.29 is 37.4 Å². The highest BCUT2D eigenvalue weighted by Crippen LogP contribution is 2.42. The third-order valence-electron chi connectivity index (χ3n) is 10.9. The summed E-state index contributed by atoms with van der Waals surface area (Å²) < 4.78 is 45.6. The highest BCUT2D eigenvalue weighted by atomic mass is 19.4. The van der Waals surface area contributed by atoms with E-state index in [9.17, 15) is 32.7 Å². The molecule has 11 nitrogen and oxygen atoms in total. The van der Waals surface area contributed by atoms with Crippen LogP contribution in [0.5, 0.6) is 5.75 Å². The summed E-state index contributed by atoms with van der Waals surface area (Å²) in [6.45, 7) is 1.63. The van der Waals surface area contributed by atoms with Crippen LogP contribution in [-0.4, -0.2) is 61.4 Å². The Hall–Kier alpha value is -5.66. The average Bonchev–Trinajstić information content (AvgIpc) is 3.20. The minimum atomic E-state index is -4.71. The number of hydrogen-bond donors (Lipinski definition) is 2. The minimum absolute atomic E-state index is 0.00324. The number of carboxylic acids is 1. The molecule has 2 heterocycles. The number of anilines is 1. The lowest BCUT2D eigenvalue weighted by Gasteiger charge is -2.35. The summed E-state index contributed by atoms with van der Waals surface area (Å²) in [5.74, 6) is 0.214. The number of carboxylic acid groups (broad SMARTS) is 1. The van der Waals surface area contributed by atoms with Crippen LogP contribution in [0.4, 0.5) is 19.0 Å². The second-order valence-corrected chi connectivity index (χ2v) is 14.5. The molecule has 6 rings (SSSR count). The zero-order valence-electron chi connectivity index (χ0n) is 31.4. The minimum Gasteiger partial charge on any atom is -0.497 e. The average molecular weight is 771 g/mol. The standard InChI is InChI=1S/C42H45F3N6O5/c1-3-26-4-8-28(9-5-26)29-12-14-30(15-13-29)33-20-48-40(49-21-33)31-10-6-27(7-11-31)24-51(25-39(53)54)41(55)36-22-47-37(23-46-36)50-38(52)18-32-16-17-34(56-2)19-35(32)42(43,44)45/h6-7,10-11,14,16-17,19-23,26,28-29H,3-5,8-9,12-13,15,18,24-25H2,1-2H3,(H,53,54)(H,47,50,52)/t26-,28-,29?. The number of aliphatic carboxylic acids is 1. The van der Waals surface area contributed by atoms with Crippen LogP contribution in [0.3, 0.4) is 0 Å². The molecule has 0 aliphatic heterocycles. The Bertz CT molecular complexity index is 2030. The van der Waals surface area contributed by atoms with Crippen LogP contribution in [0, 0.1) is 17.8 Å². The molecule has 294 valence electrons. The van der Waals surface area contributed by atoms with Gasteiger partial charge in [0.15, 0.2) is 11.6 Å². The van der Waals surface area contributed by atoms with Crippen molar-refractivity contribution in [3.63, 3.8) is 0 Å². The first-order chi connectivity index (χ1) is 26.9. The van der Waals surface area contributed by atoms with E-state index in [-0.39, 0.29) is 29.4 Å². The first-order valence-electron chi connectivity index (χ1n) is 18.9. The quantitative estimate of drug-likeness (QED) is 0.137. The fraction of sp³-hybridized carbons (Fsp3) is 0.405. The Kier molecular flexibility index (Phi) is 12.8. The molecule has 2 aromatic carbocycles. The van der Waals surface area contributed by atoms with Crippen LogP contribution < -0.4 is 10.1 Å². The maximum atomic E-state index is 13.6. The number of alkyl halides is 3. The van der Waals surface area contributed by atoms with Gasteiger partial charge in [-0.2, -0.15) is 13.2 Å².